The Morgan fingerprint density at radius 2 is 2.00 bits per heavy atom. The summed E-state index contributed by atoms with van der Waals surface area (Å²) in [5, 5.41) is 32.0. The number of aromatic nitrogens is 2. The fourth-order valence-corrected chi connectivity index (χ4v) is 4.87. The van der Waals surface area contributed by atoms with E-state index in [4.69, 9.17) is 8.92 Å². The number of methoxy groups -OCH3 is 1. The zero-order valence-electron chi connectivity index (χ0n) is 19.0. The van der Waals surface area contributed by atoms with Crippen molar-refractivity contribution < 1.29 is 27.1 Å². The molecule has 0 bridgehead atoms. The minimum absolute atomic E-state index is 0.0445. The number of ether oxygens (including phenoxy) is 1. The Morgan fingerprint density at radius 3 is 2.67 bits per heavy atom. The number of nitrogens with one attached hydrogen (secondary N) is 1. The molecule has 0 unspecified atom stereocenters. The normalized spacial score (nSPS) is 11.4. The van der Waals surface area contributed by atoms with E-state index in [0.29, 0.717) is 5.56 Å². The molecule has 36 heavy (non-hydrogen) atoms. The van der Waals surface area contributed by atoms with Crippen LogP contribution >= 0.6 is 11.3 Å². The van der Waals surface area contributed by atoms with E-state index in [0.717, 1.165) is 30.0 Å². The molecule has 14 heteroatoms. The fourth-order valence-electron chi connectivity index (χ4n) is 2.92. The second-order valence-electron chi connectivity index (χ2n) is 7.05. The number of anilines is 1. The molecule has 2 aromatic carbocycles. The summed E-state index contributed by atoms with van der Waals surface area (Å²) in [5.74, 6) is -0.986. The summed E-state index contributed by atoms with van der Waals surface area (Å²) in [6.07, 6.45) is 2.86. The van der Waals surface area contributed by atoms with Gasteiger partial charge < -0.3 is 8.92 Å². The van der Waals surface area contributed by atoms with Crippen molar-refractivity contribution in [3.05, 3.63) is 68.7 Å². The van der Waals surface area contributed by atoms with Crippen molar-refractivity contribution in [2.75, 3.05) is 12.4 Å². The molecule has 0 aliphatic carbocycles. The van der Waals surface area contributed by atoms with E-state index >= 15 is 0 Å². The van der Waals surface area contributed by atoms with Gasteiger partial charge in [0.2, 0.25) is 5.13 Å². The van der Waals surface area contributed by atoms with E-state index < -0.39 is 31.5 Å². The van der Waals surface area contributed by atoms with Gasteiger partial charge in [0, 0.05) is 12.5 Å². The van der Waals surface area contributed by atoms with Gasteiger partial charge in [-0.1, -0.05) is 36.5 Å². The summed E-state index contributed by atoms with van der Waals surface area (Å²) in [6.45, 7) is 1.99. The maximum absolute atomic E-state index is 12.7. The molecule has 0 aliphatic heterocycles. The van der Waals surface area contributed by atoms with Gasteiger partial charge in [-0.3, -0.25) is 20.2 Å². The van der Waals surface area contributed by atoms with Crippen molar-refractivity contribution in [3.63, 3.8) is 0 Å². The number of carbonyl (C=O) groups excluding carboxylic acids is 1. The maximum Gasteiger partial charge on any atom is 0.346 e. The van der Waals surface area contributed by atoms with E-state index in [1.165, 1.54) is 54.9 Å². The Hall–Kier alpha value is -4.35. The Balaban J connectivity index is 1.85. The number of nitro benzene ring substituents is 1. The lowest BCUT2D eigenvalue weighted by atomic mass is 10.1. The summed E-state index contributed by atoms with van der Waals surface area (Å²) >= 11 is 1.21. The molecule has 0 aliphatic rings. The van der Waals surface area contributed by atoms with Gasteiger partial charge in [0.1, 0.15) is 16.6 Å². The highest BCUT2D eigenvalue weighted by atomic mass is 32.2. The molecule has 1 aromatic heterocycles. The molecule has 0 spiro atoms. The molecule has 0 radical (unpaired) electrons. The van der Waals surface area contributed by atoms with Crippen LogP contribution in [0, 0.1) is 21.4 Å². The number of benzene rings is 2. The van der Waals surface area contributed by atoms with Gasteiger partial charge >= 0.3 is 10.1 Å². The molecule has 1 amide bonds. The molecule has 0 saturated carbocycles. The average Bonchev–Trinajstić information content (AvgIpc) is 3.29. The first-order chi connectivity index (χ1) is 17.2. The molecule has 3 rings (SSSR count). The number of rotatable bonds is 10. The topological polar surface area (TPSA) is 174 Å². The zero-order valence-corrected chi connectivity index (χ0v) is 20.6. The Morgan fingerprint density at radius 1 is 1.25 bits per heavy atom. The minimum Gasteiger partial charge on any atom is -0.493 e. The Kier molecular flexibility index (Phi) is 8.30. The van der Waals surface area contributed by atoms with Gasteiger partial charge in [-0.05, 0) is 36.3 Å². The monoisotopic (exact) mass is 529 g/mol. The van der Waals surface area contributed by atoms with Crippen LogP contribution in [0.1, 0.15) is 23.9 Å². The number of aryl methyl sites for hydroxylation is 1. The van der Waals surface area contributed by atoms with Crippen LogP contribution < -0.4 is 14.2 Å². The lowest BCUT2D eigenvalue weighted by Crippen LogP contribution is -2.13. The standard InChI is InChI=1S/C22H19N5O7S2/c1-3-6-20-25-26-22(35-20)24-21(28)15(13-23)11-14-9-10-17(18(12-14)33-2)34-36(31,32)19-8-5-4-7-16(19)27(29)30/h4-5,7-12H,3,6H2,1-2H3,(H,24,26,28)/b15-11-. The zero-order chi connectivity index (χ0) is 26.3. The largest absolute Gasteiger partial charge is 0.493 e. The minimum atomic E-state index is -4.58. The quantitative estimate of drug-likeness (QED) is 0.134. The maximum atomic E-state index is 12.7. The smallest absolute Gasteiger partial charge is 0.346 e. The van der Waals surface area contributed by atoms with Crippen LogP contribution in [0.3, 0.4) is 0 Å². The number of nitro groups is 1. The van der Waals surface area contributed by atoms with Crippen LogP contribution in [0.15, 0.2) is 52.9 Å². The van der Waals surface area contributed by atoms with Crippen molar-refractivity contribution in [2.45, 2.75) is 24.7 Å². The predicted molar refractivity (Wildman–Crippen MR) is 130 cm³/mol. The van der Waals surface area contributed by atoms with Crippen LogP contribution in [0.2, 0.25) is 0 Å². The summed E-state index contributed by atoms with van der Waals surface area (Å²) in [7, 11) is -3.32. The van der Waals surface area contributed by atoms with Crippen molar-refractivity contribution in [1.82, 2.24) is 10.2 Å². The van der Waals surface area contributed by atoms with Gasteiger partial charge in [-0.25, -0.2) is 0 Å². The number of hydrogen-bond acceptors (Lipinski definition) is 11. The Bertz CT molecular complexity index is 1480. The van der Waals surface area contributed by atoms with Crippen LogP contribution in [0.25, 0.3) is 6.08 Å². The van der Waals surface area contributed by atoms with Crippen molar-refractivity contribution >= 4 is 44.3 Å². The molecule has 186 valence electrons. The van der Waals surface area contributed by atoms with Gasteiger partial charge in [-0.15, -0.1) is 10.2 Å². The molecule has 12 nitrogen and oxygen atoms in total. The third-order valence-corrected chi connectivity index (χ3v) is 6.73. The van der Waals surface area contributed by atoms with Gasteiger partial charge in [0.15, 0.2) is 16.4 Å². The molecule has 0 atom stereocenters. The predicted octanol–water partition coefficient (Wildman–Crippen LogP) is 3.72. The third-order valence-electron chi connectivity index (χ3n) is 4.55. The SMILES string of the molecule is CCCc1nnc(NC(=O)/C(C#N)=C\c2ccc(OS(=O)(=O)c3ccccc3[N+](=O)[O-])c(OC)c2)s1. The number of nitriles is 1. The van der Waals surface area contributed by atoms with Crippen LogP contribution in [-0.4, -0.2) is 36.6 Å². The molecule has 1 heterocycles. The molecule has 0 fully saturated rings. The first kappa shape index (κ1) is 26.3. The highest BCUT2D eigenvalue weighted by molar-refractivity contribution is 7.87. The number of hydrogen-bond donors (Lipinski definition) is 1. The second-order valence-corrected chi connectivity index (χ2v) is 9.62. The Labute approximate surface area is 210 Å². The fraction of sp³-hybridized carbons (Fsp3) is 0.182. The van der Waals surface area contributed by atoms with E-state index in [-0.39, 0.29) is 22.2 Å². The van der Waals surface area contributed by atoms with Gasteiger partial charge in [0.25, 0.3) is 11.6 Å². The highest BCUT2D eigenvalue weighted by Crippen LogP contribution is 2.33. The van der Waals surface area contributed by atoms with Crippen molar-refractivity contribution in [3.8, 4) is 17.6 Å². The van der Waals surface area contributed by atoms with Gasteiger partial charge in [-0.2, -0.15) is 13.7 Å². The number of para-hydroxylation sites is 1. The molecule has 1 N–H and O–H groups in total. The number of amides is 1. The van der Waals surface area contributed by atoms with Crippen LogP contribution in [-0.2, 0) is 21.3 Å². The average molecular weight is 530 g/mol. The summed E-state index contributed by atoms with van der Waals surface area (Å²) in [4.78, 5) is 22.3. The van der Waals surface area contributed by atoms with Crippen LogP contribution in [0.4, 0.5) is 10.8 Å². The molecule has 0 saturated heterocycles. The first-order valence-electron chi connectivity index (χ1n) is 10.3. The lowest BCUT2D eigenvalue weighted by Gasteiger charge is -2.11. The lowest BCUT2D eigenvalue weighted by molar-refractivity contribution is -0.387. The van der Waals surface area contributed by atoms with E-state index in [1.54, 1.807) is 6.07 Å². The first-order valence-corrected chi connectivity index (χ1v) is 12.5. The number of carbonyl (C=O) groups is 1. The highest BCUT2D eigenvalue weighted by Gasteiger charge is 2.28. The van der Waals surface area contributed by atoms with Crippen molar-refractivity contribution in [1.29, 1.82) is 5.26 Å². The summed E-state index contributed by atoms with van der Waals surface area (Å²) in [5.41, 5.74) is -0.554. The van der Waals surface area contributed by atoms with E-state index in [2.05, 4.69) is 15.5 Å². The second kappa shape index (κ2) is 11.4. The van der Waals surface area contributed by atoms with E-state index in [1.807, 2.05) is 6.92 Å². The van der Waals surface area contributed by atoms with Crippen molar-refractivity contribution in [2.24, 2.45) is 0 Å². The summed E-state index contributed by atoms with van der Waals surface area (Å²) < 4.78 is 35.7. The molecule has 3 aromatic rings. The summed E-state index contributed by atoms with van der Waals surface area (Å²) in [6, 6.07) is 10.5. The van der Waals surface area contributed by atoms with E-state index in [9.17, 15) is 28.6 Å². The van der Waals surface area contributed by atoms with Crippen LogP contribution in [0.5, 0.6) is 11.5 Å². The van der Waals surface area contributed by atoms with Gasteiger partial charge in [0.05, 0.1) is 12.0 Å². The number of nitrogens with zero attached hydrogens (tertiary/aromatic N) is 4. The molecular weight excluding hydrogens is 510 g/mol. The third kappa shape index (κ3) is 6.20. The molecular formula is C22H19N5O7S2.